The largest absolute Gasteiger partial charge is 0.487 e. The Balaban J connectivity index is 2.16. The maximum absolute atomic E-state index is 9.18. The van der Waals surface area contributed by atoms with Crippen LogP contribution in [0, 0.1) is 31.1 Å². The average Bonchev–Trinajstić information content (AvgIpc) is 2.88. The third-order valence-corrected chi connectivity index (χ3v) is 3.78. The molecule has 0 aliphatic carbocycles. The van der Waals surface area contributed by atoms with Crippen LogP contribution in [-0.2, 0) is 13.2 Å². The van der Waals surface area contributed by atoms with Crippen molar-refractivity contribution in [3.05, 3.63) is 40.7 Å². The molecule has 0 aliphatic heterocycles. The molecule has 1 aromatic carbocycles. The van der Waals surface area contributed by atoms with E-state index in [9.17, 15) is 5.26 Å². The Morgan fingerprint density at radius 3 is 2.77 bits per heavy atom. The average molecular weight is 298 g/mol. The van der Waals surface area contributed by atoms with E-state index in [0.29, 0.717) is 18.2 Å². The number of nitrogens with zero attached hydrogens (tertiary/aromatic N) is 4. The number of nitriles is 1. The molecule has 0 fully saturated rings. The van der Waals surface area contributed by atoms with Crippen molar-refractivity contribution in [3.8, 4) is 11.8 Å². The van der Waals surface area contributed by atoms with Crippen LogP contribution < -0.4 is 4.74 Å². The van der Waals surface area contributed by atoms with Crippen molar-refractivity contribution >= 4 is 0 Å². The zero-order valence-corrected chi connectivity index (χ0v) is 13.6. The number of aromatic nitrogens is 3. The standard InChI is InChI=1S/C17H22N4O/c1-12(2)8-9-21-16(15(10-18)19-20-21)11-22-17-7-5-6-13(3)14(17)4/h5-7,12H,8-9,11H2,1-4H3. The van der Waals surface area contributed by atoms with E-state index in [1.165, 1.54) is 5.56 Å². The fourth-order valence-electron chi connectivity index (χ4n) is 2.15. The molecule has 0 spiro atoms. The predicted octanol–water partition coefficient (Wildman–Crippen LogP) is 3.39. The molecule has 116 valence electrons. The van der Waals surface area contributed by atoms with Crippen LogP contribution in [0.1, 0.15) is 42.8 Å². The van der Waals surface area contributed by atoms with Gasteiger partial charge in [0.2, 0.25) is 0 Å². The molecule has 1 aromatic heterocycles. The second-order valence-electron chi connectivity index (χ2n) is 5.89. The maximum atomic E-state index is 9.18. The lowest BCUT2D eigenvalue weighted by Crippen LogP contribution is -2.11. The summed E-state index contributed by atoms with van der Waals surface area (Å²) in [6, 6.07) is 8.05. The molecule has 0 unspecified atom stereocenters. The van der Waals surface area contributed by atoms with E-state index in [0.717, 1.165) is 30.0 Å². The molecule has 5 nitrogen and oxygen atoms in total. The van der Waals surface area contributed by atoms with E-state index < -0.39 is 0 Å². The van der Waals surface area contributed by atoms with Crippen molar-refractivity contribution in [3.63, 3.8) is 0 Å². The first-order chi connectivity index (χ1) is 10.5. The molecule has 2 aromatic rings. The highest BCUT2D eigenvalue weighted by molar-refractivity contribution is 5.38. The molecule has 0 amide bonds. The minimum Gasteiger partial charge on any atom is -0.487 e. The summed E-state index contributed by atoms with van der Waals surface area (Å²) in [5.41, 5.74) is 3.38. The maximum Gasteiger partial charge on any atom is 0.189 e. The lowest BCUT2D eigenvalue weighted by atomic mass is 10.1. The van der Waals surface area contributed by atoms with Crippen LogP contribution in [0.15, 0.2) is 18.2 Å². The number of rotatable bonds is 6. The SMILES string of the molecule is Cc1cccc(OCc2c(C#N)nnn2CCC(C)C)c1C. The Morgan fingerprint density at radius 1 is 1.32 bits per heavy atom. The Kier molecular flexibility index (Phi) is 5.16. The number of hydrogen-bond donors (Lipinski definition) is 0. The van der Waals surface area contributed by atoms with Gasteiger partial charge < -0.3 is 4.74 Å². The zero-order chi connectivity index (χ0) is 16.1. The summed E-state index contributed by atoms with van der Waals surface area (Å²) in [6.45, 7) is 9.46. The first-order valence-corrected chi connectivity index (χ1v) is 7.54. The lowest BCUT2D eigenvalue weighted by molar-refractivity contribution is 0.287. The van der Waals surface area contributed by atoms with Crippen LogP contribution in [0.4, 0.5) is 0 Å². The minimum atomic E-state index is 0.304. The summed E-state index contributed by atoms with van der Waals surface area (Å²) in [5.74, 6) is 1.41. The van der Waals surface area contributed by atoms with Gasteiger partial charge in [-0.3, -0.25) is 0 Å². The van der Waals surface area contributed by atoms with Crippen molar-refractivity contribution in [2.24, 2.45) is 5.92 Å². The van der Waals surface area contributed by atoms with Crippen LogP contribution in [0.2, 0.25) is 0 Å². The summed E-state index contributed by atoms with van der Waals surface area (Å²) in [6.07, 6.45) is 0.991. The highest BCUT2D eigenvalue weighted by atomic mass is 16.5. The molecule has 0 N–H and O–H groups in total. The highest BCUT2D eigenvalue weighted by Gasteiger charge is 2.14. The molecule has 5 heteroatoms. The van der Waals surface area contributed by atoms with Crippen LogP contribution in [-0.4, -0.2) is 15.0 Å². The number of benzene rings is 1. The van der Waals surface area contributed by atoms with E-state index >= 15 is 0 Å². The summed E-state index contributed by atoms with van der Waals surface area (Å²) in [4.78, 5) is 0. The smallest absolute Gasteiger partial charge is 0.189 e. The summed E-state index contributed by atoms with van der Waals surface area (Å²) >= 11 is 0. The molecule has 22 heavy (non-hydrogen) atoms. The molecule has 0 saturated carbocycles. The first kappa shape index (κ1) is 16.0. The van der Waals surface area contributed by atoms with Crippen molar-refractivity contribution < 1.29 is 4.74 Å². The lowest BCUT2D eigenvalue weighted by Gasteiger charge is -2.12. The van der Waals surface area contributed by atoms with Gasteiger partial charge >= 0.3 is 0 Å². The van der Waals surface area contributed by atoms with Gasteiger partial charge in [0.15, 0.2) is 5.69 Å². The van der Waals surface area contributed by atoms with Gasteiger partial charge in [-0.1, -0.05) is 31.2 Å². The predicted molar refractivity (Wildman–Crippen MR) is 84.4 cm³/mol. The molecule has 0 radical (unpaired) electrons. The molecule has 2 rings (SSSR count). The normalized spacial score (nSPS) is 10.7. The topological polar surface area (TPSA) is 63.7 Å². The van der Waals surface area contributed by atoms with Crippen LogP contribution >= 0.6 is 0 Å². The van der Waals surface area contributed by atoms with Gasteiger partial charge in [-0.2, -0.15) is 5.26 Å². The van der Waals surface area contributed by atoms with Crippen LogP contribution in [0.5, 0.6) is 5.75 Å². The van der Waals surface area contributed by atoms with Gasteiger partial charge in [0, 0.05) is 6.54 Å². The van der Waals surface area contributed by atoms with Gasteiger partial charge in [0.05, 0.1) is 0 Å². The molecular weight excluding hydrogens is 276 g/mol. The minimum absolute atomic E-state index is 0.304. The van der Waals surface area contributed by atoms with Gasteiger partial charge in [0.1, 0.15) is 24.1 Å². The van der Waals surface area contributed by atoms with E-state index in [2.05, 4.69) is 43.2 Å². The Morgan fingerprint density at radius 2 is 2.09 bits per heavy atom. The van der Waals surface area contributed by atoms with Gasteiger partial charge in [-0.05, 0) is 43.4 Å². The van der Waals surface area contributed by atoms with Crippen molar-refractivity contribution in [1.82, 2.24) is 15.0 Å². The summed E-state index contributed by atoms with van der Waals surface area (Å²) in [5, 5.41) is 17.2. The summed E-state index contributed by atoms with van der Waals surface area (Å²) < 4.78 is 7.68. The fraction of sp³-hybridized carbons (Fsp3) is 0.471. The highest BCUT2D eigenvalue weighted by Crippen LogP contribution is 2.22. The monoisotopic (exact) mass is 298 g/mol. The van der Waals surface area contributed by atoms with Gasteiger partial charge in [-0.15, -0.1) is 5.10 Å². The van der Waals surface area contributed by atoms with Gasteiger partial charge in [-0.25, -0.2) is 4.68 Å². The van der Waals surface area contributed by atoms with Crippen molar-refractivity contribution in [2.75, 3.05) is 0 Å². The zero-order valence-electron chi connectivity index (χ0n) is 13.6. The molecule has 0 aliphatic rings. The number of aryl methyl sites for hydroxylation is 2. The quantitative estimate of drug-likeness (QED) is 0.820. The van der Waals surface area contributed by atoms with E-state index in [-0.39, 0.29) is 0 Å². The molecule has 1 heterocycles. The van der Waals surface area contributed by atoms with Crippen molar-refractivity contribution in [1.29, 1.82) is 5.26 Å². The van der Waals surface area contributed by atoms with E-state index in [4.69, 9.17) is 4.74 Å². The summed E-state index contributed by atoms with van der Waals surface area (Å²) in [7, 11) is 0. The molecule has 0 atom stereocenters. The Hall–Kier alpha value is -2.35. The van der Waals surface area contributed by atoms with Crippen LogP contribution in [0.25, 0.3) is 0 Å². The van der Waals surface area contributed by atoms with Crippen molar-refractivity contribution in [2.45, 2.75) is 47.3 Å². The first-order valence-electron chi connectivity index (χ1n) is 7.54. The molecular formula is C17H22N4O. The van der Waals surface area contributed by atoms with E-state index in [1.807, 2.05) is 19.1 Å². The Bertz CT molecular complexity index is 682. The van der Waals surface area contributed by atoms with Gasteiger partial charge in [0.25, 0.3) is 0 Å². The number of hydrogen-bond acceptors (Lipinski definition) is 4. The third kappa shape index (κ3) is 3.64. The molecule has 0 bridgehead atoms. The Labute approximate surface area is 131 Å². The fourth-order valence-corrected chi connectivity index (χ4v) is 2.15. The number of ether oxygens (including phenoxy) is 1. The second-order valence-corrected chi connectivity index (χ2v) is 5.89. The second kappa shape index (κ2) is 7.08. The third-order valence-electron chi connectivity index (χ3n) is 3.78. The van der Waals surface area contributed by atoms with E-state index in [1.54, 1.807) is 4.68 Å². The molecule has 0 saturated heterocycles. The van der Waals surface area contributed by atoms with Crippen LogP contribution in [0.3, 0.4) is 0 Å².